The van der Waals surface area contributed by atoms with Crippen LogP contribution in [-0.4, -0.2) is 13.1 Å². The number of hydrogen-bond donors (Lipinski definition) is 0. The molecule has 1 aromatic heterocycles. The van der Waals surface area contributed by atoms with Gasteiger partial charge in [-0.15, -0.1) is 0 Å². The first-order valence-corrected chi connectivity index (χ1v) is 4.33. The lowest BCUT2D eigenvalue weighted by atomic mass is 10.2. The van der Waals surface area contributed by atoms with Gasteiger partial charge in [-0.2, -0.15) is 10.5 Å². The fraction of sp³-hybridized carbons (Fsp3) is 0.182. The molecule has 1 heterocycles. The van der Waals surface area contributed by atoms with Crippen molar-refractivity contribution in [3.63, 3.8) is 0 Å². The predicted molar refractivity (Wildman–Crippen MR) is 54.0 cm³/mol. The van der Waals surface area contributed by atoms with Crippen LogP contribution in [0.4, 0.5) is 0 Å². The Hall–Kier alpha value is -2.53. The van der Waals surface area contributed by atoms with E-state index in [0.717, 1.165) is 0 Å². The molecule has 0 radical (unpaired) electrons. The van der Waals surface area contributed by atoms with Crippen LogP contribution in [0.15, 0.2) is 16.1 Å². The molecule has 0 saturated carbocycles. The Morgan fingerprint density at radius 2 is 2.12 bits per heavy atom. The number of allylic oxidation sites excluding steroid dienone is 1. The Bertz CT molecular complexity index is 510. The van der Waals surface area contributed by atoms with Gasteiger partial charge in [0.05, 0.1) is 7.11 Å². The molecule has 5 nitrogen and oxygen atoms in total. The molecule has 0 aliphatic carbocycles. The van der Waals surface area contributed by atoms with Crippen LogP contribution in [0.2, 0.25) is 0 Å². The van der Waals surface area contributed by atoms with Crippen LogP contribution in [0.25, 0.3) is 6.08 Å². The molecule has 0 aliphatic heterocycles. The summed E-state index contributed by atoms with van der Waals surface area (Å²) < 4.78 is 9.73. The summed E-state index contributed by atoms with van der Waals surface area (Å²) in [6.07, 6.45) is 1.26. The van der Waals surface area contributed by atoms with E-state index < -0.39 is 5.97 Å². The summed E-state index contributed by atoms with van der Waals surface area (Å²) in [5.41, 5.74) is 0.189. The van der Waals surface area contributed by atoms with Gasteiger partial charge in [-0.05, 0) is 13.0 Å². The Morgan fingerprint density at radius 1 is 1.50 bits per heavy atom. The number of carbonyl (C=O) groups excluding carboxylic acids is 1. The first-order chi connectivity index (χ1) is 7.62. The highest BCUT2D eigenvalue weighted by atomic mass is 16.5. The number of hydrogen-bond acceptors (Lipinski definition) is 5. The Morgan fingerprint density at radius 3 is 2.62 bits per heavy atom. The summed E-state index contributed by atoms with van der Waals surface area (Å²) >= 11 is 0. The molecule has 0 unspecified atom stereocenters. The van der Waals surface area contributed by atoms with Crippen LogP contribution >= 0.6 is 0 Å². The van der Waals surface area contributed by atoms with Gasteiger partial charge in [0.25, 0.3) is 0 Å². The van der Waals surface area contributed by atoms with E-state index in [9.17, 15) is 4.79 Å². The normalized spacial score (nSPS) is 8.75. The van der Waals surface area contributed by atoms with E-state index in [1.165, 1.54) is 19.3 Å². The highest BCUT2D eigenvalue weighted by molar-refractivity contribution is 5.91. The molecule has 0 aromatic carbocycles. The van der Waals surface area contributed by atoms with E-state index in [1.807, 2.05) is 0 Å². The topological polar surface area (TPSA) is 87.0 Å². The molecule has 0 atom stereocenters. The number of aryl methyl sites for hydroxylation is 1. The zero-order chi connectivity index (χ0) is 12.1. The predicted octanol–water partition coefficient (Wildman–Crippen LogP) is 1.81. The number of carbonyl (C=O) groups is 1. The molecule has 1 aromatic rings. The monoisotopic (exact) mass is 216 g/mol. The summed E-state index contributed by atoms with van der Waals surface area (Å²) in [5, 5.41) is 17.1. The van der Waals surface area contributed by atoms with Crippen LogP contribution in [0.1, 0.15) is 21.9 Å². The number of nitriles is 2. The quantitative estimate of drug-likeness (QED) is 0.555. The van der Waals surface area contributed by atoms with Crippen LogP contribution < -0.4 is 0 Å². The van der Waals surface area contributed by atoms with Crippen LogP contribution in [0.3, 0.4) is 0 Å². The largest absolute Gasteiger partial charge is 0.465 e. The van der Waals surface area contributed by atoms with Crippen molar-refractivity contribution in [2.24, 2.45) is 0 Å². The summed E-state index contributed by atoms with van der Waals surface area (Å²) in [6, 6.07) is 4.82. The molecular formula is C11H8N2O3. The van der Waals surface area contributed by atoms with E-state index >= 15 is 0 Å². The number of furan rings is 1. The molecule has 0 saturated heterocycles. The van der Waals surface area contributed by atoms with Gasteiger partial charge in [0.1, 0.15) is 34.8 Å². The second kappa shape index (κ2) is 4.81. The highest BCUT2D eigenvalue weighted by Crippen LogP contribution is 2.17. The molecular weight excluding hydrogens is 208 g/mol. The van der Waals surface area contributed by atoms with E-state index in [4.69, 9.17) is 14.9 Å². The third kappa shape index (κ3) is 2.28. The fourth-order valence-corrected chi connectivity index (χ4v) is 1.12. The van der Waals surface area contributed by atoms with E-state index in [-0.39, 0.29) is 16.9 Å². The maximum Gasteiger partial charge on any atom is 0.341 e. The van der Waals surface area contributed by atoms with Gasteiger partial charge in [0, 0.05) is 6.08 Å². The first-order valence-electron chi connectivity index (χ1n) is 4.33. The summed E-state index contributed by atoms with van der Waals surface area (Å²) in [4.78, 5) is 11.2. The summed E-state index contributed by atoms with van der Waals surface area (Å²) in [6.45, 7) is 1.60. The number of ether oxygens (including phenoxy) is 1. The Balaban J connectivity index is 3.13. The zero-order valence-corrected chi connectivity index (χ0v) is 8.77. The first kappa shape index (κ1) is 11.5. The number of esters is 1. The van der Waals surface area contributed by atoms with Crippen molar-refractivity contribution < 1.29 is 13.9 Å². The van der Waals surface area contributed by atoms with E-state index in [2.05, 4.69) is 4.74 Å². The van der Waals surface area contributed by atoms with Gasteiger partial charge in [-0.1, -0.05) is 0 Å². The van der Waals surface area contributed by atoms with Gasteiger partial charge in [-0.25, -0.2) is 4.79 Å². The molecule has 0 amide bonds. The molecule has 0 spiro atoms. The Kier molecular flexibility index (Phi) is 3.47. The third-order valence-electron chi connectivity index (χ3n) is 1.87. The molecule has 0 N–H and O–H groups in total. The van der Waals surface area contributed by atoms with Crippen molar-refractivity contribution in [2.75, 3.05) is 7.11 Å². The second-order valence-corrected chi connectivity index (χ2v) is 2.89. The van der Waals surface area contributed by atoms with Crippen molar-refractivity contribution in [3.05, 3.63) is 28.7 Å². The Labute approximate surface area is 92.2 Å². The van der Waals surface area contributed by atoms with Gasteiger partial charge >= 0.3 is 5.97 Å². The number of nitrogens with zero attached hydrogens (tertiary/aromatic N) is 2. The van der Waals surface area contributed by atoms with Gasteiger partial charge in [0.2, 0.25) is 0 Å². The average molecular weight is 216 g/mol. The second-order valence-electron chi connectivity index (χ2n) is 2.89. The lowest BCUT2D eigenvalue weighted by molar-refractivity contribution is 0.0599. The van der Waals surface area contributed by atoms with Crippen LogP contribution in [-0.2, 0) is 4.74 Å². The average Bonchev–Trinajstić information content (AvgIpc) is 2.66. The lowest BCUT2D eigenvalue weighted by Crippen LogP contribution is -2.00. The molecule has 0 bridgehead atoms. The van der Waals surface area contributed by atoms with Crippen LogP contribution in [0.5, 0.6) is 0 Å². The minimum absolute atomic E-state index is 0.0924. The maximum absolute atomic E-state index is 11.2. The molecule has 0 fully saturated rings. The number of rotatable bonds is 2. The third-order valence-corrected chi connectivity index (χ3v) is 1.87. The summed E-state index contributed by atoms with van der Waals surface area (Å²) in [7, 11) is 1.26. The van der Waals surface area contributed by atoms with E-state index in [1.54, 1.807) is 19.1 Å². The van der Waals surface area contributed by atoms with Gasteiger partial charge in [-0.3, -0.25) is 0 Å². The smallest absolute Gasteiger partial charge is 0.341 e. The SMILES string of the molecule is COC(=O)c1cc(C=C(C#N)C#N)oc1C. The molecule has 0 aliphatic rings. The van der Waals surface area contributed by atoms with Crippen molar-refractivity contribution in [1.29, 1.82) is 10.5 Å². The minimum Gasteiger partial charge on any atom is -0.465 e. The lowest BCUT2D eigenvalue weighted by Gasteiger charge is -1.93. The van der Waals surface area contributed by atoms with Crippen molar-refractivity contribution in [3.8, 4) is 12.1 Å². The maximum atomic E-state index is 11.2. The highest BCUT2D eigenvalue weighted by Gasteiger charge is 2.14. The molecule has 16 heavy (non-hydrogen) atoms. The van der Waals surface area contributed by atoms with Crippen molar-refractivity contribution in [1.82, 2.24) is 0 Å². The number of methoxy groups -OCH3 is 1. The molecule has 5 heteroatoms. The minimum atomic E-state index is -0.517. The van der Waals surface area contributed by atoms with Gasteiger partial charge in [0.15, 0.2) is 0 Å². The van der Waals surface area contributed by atoms with Crippen molar-refractivity contribution >= 4 is 12.0 Å². The fourth-order valence-electron chi connectivity index (χ4n) is 1.12. The zero-order valence-electron chi connectivity index (χ0n) is 8.77. The molecule has 1 rings (SSSR count). The summed E-state index contributed by atoms with van der Waals surface area (Å²) in [5.74, 6) is 0.140. The standard InChI is InChI=1S/C11H8N2O3/c1-7-10(11(14)15-2)4-9(16-7)3-8(5-12)6-13/h3-4H,1-2H3. The van der Waals surface area contributed by atoms with Crippen LogP contribution in [0, 0.1) is 29.6 Å². The molecule has 80 valence electrons. The van der Waals surface area contributed by atoms with Crippen molar-refractivity contribution in [2.45, 2.75) is 6.92 Å². The van der Waals surface area contributed by atoms with E-state index in [0.29, 0.717) is 5.76 Å². The van der Waals surface area contributed by atoms with Gasteiger partial charge < -0.3 is 9.15 Å².